The van der Waals surface area contributed by atoms with Gasteiger partial charge in [-0.3, -0.25) is 19.4 Å². The van der Waals surface area contributed by atoms with Crippen molar-refractivity contribution >= 4 is 27.6 Å². The molecule has 1 unspecified atom stereocenters. The molecule has 1 saturated heterocycles. The lowest BCUT2D eigenvalue weighted by Gasteiger charge is -2.34. The van der Waals surface area contributed by atoms with E-state index in [2.05, 4.69) is 55.3 Å². The number of fused-ring (bicyclic) bond motifs is 1. The summed E-state index contributed by atoms with van der Waals surface area (Å²) in [5, 5.41) is 3.04. The van der Waals surface area contributed by atoms with Crippen molar-refractivity contribution in [1.29, 1.82) is 0 Å². The van der Waals surface area contributed by atoms with E-state index in [1.807, 2.05) is 0 Å². The van der Waals surface area contributed by atoms with E-state index in [1.54, 1.807) is 26.4 Å². The molecule has 1 fully saturated rings. The van der Waals surface area contributed by atoms with E-state index in [0.717, 1.165) is 42.8 Å². The molecule has 1 aliphatic heterocycles. The predicted molar refractivity (Wildman–Crippen MR) is 125 cm³/mol. The molecule has 7 nitrogen and oxygen atoms in total. The number of carbonyl (C=O) groups excluding carboxylic acids is 2. The normalized spacial score (nSPS) is 19.0. The number of hydrogen-bond acceptors (Lipinski definition) is 6. The molecule has 8 heteroatoms. The largest absolute Gasteiger partial charge is 0.493 e. The van der Waals surface area contributed by atoms with Crippen molar-refractivity contribution in [3.8, 4) is 11.5 Å². The summed E-state index contributed by atoms with van der Waals surface area (Å²) in [6, 6.07) is 11.6. The van der Waals surface area contributed by atoms with E-state index in [0.29, 0.717) is 23.6 Å². The standard InChI is InChI=1S/C24H28BrN3O4/c1-31-22-11-18-19(12-23(22)32-2)21(29)13-20(18)26-24(30)15-28-9-7-27(8-10-28)14-16-3-5-17(25)6-4-16/h3-6,11-12,20H,7-10,13-15H2,1-2H3,(H,26,30). The summed E-state index contributed by atoms with van der Waals surface area (Å²) in [6.07, 6.45) is 0.262. The Morgan fingerprint density at radius 3 is 2.31 bits per heavy atom. The van der Waals surface area contributed by atoms with E-state index in [4.69, 9.17) is 9.47 Å². The predicted octanol–water partition coefficient (Wildman–Crippen LogP) is 3.03. The van der Waals surface area contributed by atoms with Crippen molar-refractivity contribution in [2.45, 2.75) is 19.0 Å². The van der Waals surface area contributed by atoms with Crippen LogP contribution < -0.4 is 14.8 Å². The van der Waals surface area contributed by atoms with E-state index < -0.39 is 0 Å². The number of piperazine rings is 1. The van der Waals surface area contributed by atoms with Gasteiger partial charge in [0.15, 0.2) is 17.3 Å². The van der Waals surface area contributed by atoms with Crippen LogP contribution >= 0.6 is 15.9 Å². The Hall–Kier alpha value is -2.42. The molecular formula is C24H28BrN3O4. The molecule has 170 valence electrons. The Balaban J connectivity index is 1.30. The van der Waals surface area contributed by atoms with Crippen molar-refractivity contribution in [2.24, 2.45) is 0 Å². The third kappa shape index (κ3) is 5.14. The first-order valence-electron chi connectivity index (χ1n) is 10.7. The molecule has 0 saturated carbocycles. The number of halogens is 1. The van der Waals surface area contributed by atoms with Crippen LogP contribution in [0.15, 0.2) is 40.9 Å². The smallest absolute Gasteiger partial charge is 0.234 e. The zero-order valence-corrected chi connectivity index (χ0v) is 20.0. The Bertz CT molecular complexity index is 987. The number of hydrogen-bond donors (Lipinski definition) is 1. The average molecular weight is 502 g/mol. The zero-order chi connectivity index (χ0) is 22.7. The Morgan fingerprint density at radius 1 is 1.03 bits per heavy atom. The van der Waals surface area contributed by atoms with Crippen LogP contribution in [0.25, 0.3) is 0 Å². The van der Waals surface area contributed by atoms with Gasteiger partial charge < -0.3 is 14.8 Å². The van der Waals surface area contributed by atoms with Gasteiger partial charge >= 0.3 is 0 Å². The Labute approximate surface area is 196 Å². The highest BCUT2D eigenvalue weighted by atomic mass is 79.9. The number of Topliss-reactive ketones (excluding diaryl/α,β-unsaturated/α-hetero) is 1. The van der Waals surface area contributed by atoms with Crippen LogP contribution in [0.2, 0.25) is 0 Å². The second kappa shape index (κ2) is 10.0. The maximum absolute atomic E-state index is 12.7. The zero-order valence-electron chi connectivity index (χ0n) is 18.4. The van der Waals surface area contributed by atoms with E-state index in [9.17, 15) is 9.59 Å². The number of nitrogens with zero attached hydrogens (tertiary/aromatic N) is 2. The van der Waals surface area contributed by atoms with Crippen molar-refractivity contribution in [2.75, 3.05) is 46.9 Å². The molecule has 1 heterocycles. The minimum atomic E-state index is -0.330. The number of benzene rings is 2. The molecule has 1 atom stereocenters. The average Bonchev–Trinajstić information content (AvgIpc) is 3.09. The van der Waals surface area contributed by atoms with Crippen molar-refractivity contribution in [3.05, 3.63) is 57.6 Å². The van der Waals surface area contributed by atoms with Gasteiger partial charge in [-0.15, -0.1) is 0 Å². The van der Waals surface area contributed by atoms with Crippen LogP contribution in [0.1, 0.15) is 33.9 Å². The van der Waals surface area contributed by atoms with Crippen molar-refractivity contribution in [1.82, 2.24) is 15.1 Å². The number of ether oxygens (including phenoxy) is 2. The van der Waals surface area contributed by atoms with Gasteiger partial charge in [0.1, 0.15) is 0 Å². The summed E-state index contributed by atoms with van der Waals surface area (Å²) in [7, 11) is 3.10. The maximum Gasteiger partial charge on any atom is 0.234 e. The van der Waals surface area contributed by atoms with Crippen molar-refractivity contribution in [3.63, 3.8) is 0 Å². The molecule has 32 heavy (non-hydrogen) atoms. The monoisotopic (exact) mass is 501 g/mol. The number of rotatable bonds is 7. The molecule has 1 N–H and O–H groups in total. The first-order chi connectivity index (χ1) is 15.5. The molecule has 1 amide bonds. The fourth-order valence-electron chi connectivity index (χ4n) is 4.36. The fourth-order valence-corrected chi connectivity index (χ4v) is 4.62. The van der Waals surface area contributed by atoms with E-state index >= 15 is 0 Å². The Morgan fingerprint density at radius 2 is 1.66 bits per heavy atom. The fraction of sp³-hybridized carbons (Fsp3) is 0.417. The first-order valence-corrected chi connectivity index (χ1v) is 11.5. The van der Waals surface area contributed by atoms with Gasteiger partial charge in [0.25, 0.3) is 0 Å². The summed E-state index contributed by atoms with van der Waals surface area (Å²) < 4.78 is 11.8. The summed E-state index contributed by atoms with van der Waals surface area (Å²) >= 11 is 3.47. The second-order valence-corrected chi connectivity index (χ2v) is 9.14. The Kier molecular flexibility index (Phi) is 7.13. The molecule has 0 aromatic heterocycles. The molecule has 0 radical (unpaired) electrons. The molecule has 4 rings (SSSR count). The van der Waals surface area contributed by atoms with Crippen LogP contribution in [-0.2, 0) is 11.3 Å². The highest BCUT2D eigenvalue weighted by Crippen LogP contribution is 2.39. The van der Waals surface area contributed by atoms with Crippen LogP contribution in [-0.4, -0.2) is 68.4 Å². The van der Waals surface area contributed by atoms with Crippen LogP contribution in [0, 0.1) is 0 Å². The highest BCUT2D eigenvalue weighted by molar-refractivity contribution is 9.10. The minimum absolute atomic E-state index is 0.00723. The van der Waals surface area contributed by atoms with Crippen molar-refractivity contribution < 1.29 is 19.1 Å². The molecule has 2 aromatic carbocycles. The topological polar surface area (TPSA) is 71.1 Å². The lowest BCUT2D eigenvalue weighted by atomic mass is 10.1. The molecule has 0 spiro atoms. The van der Waals surface area contributed by atoms with Crippen LogP contribution in [0.5, 0.6) is 11.5 Å². The van der Waals surface area contributed by atoms with Gasteiger partial charge in [-0.1, -0.05) is 28.1 Å². The third-order valence-corrected chi connectivity index (χ3v) is 6.64. The summed E-state index contributed by atoms with van der Waals surface area (Å²) in [5.74, 6) is 1.02. The van der Waals surface area contributed by atoms with Gasteiger partial charge in [-0.25, -0.2) is 0 Å². The van der Waals surface area contributed by atoms with Gasteiger partial charge in [0.05, 0.1) is 26.8 Å². The highest BCUT2D eigenvalue weighted by Gasteiger charge is 2.32. The van der Waals surface area contributed by atoms with E-state index in [1.165, 1.54) is 5.56 Å². The number of methoxy groups -OCH3 is 2. The summed E-state index contributed by atoms with van der Waals surface area (Å²) in [5.41, 5.74) is 2.67. The summed E-state index contributed by atoms with van der Waals surface area (Å²) in [4.78, 5) is 29.8. The maximum atomic E-state index is 12.7. The van der Waals surface area contributed by atoms with Gasteiger partial charge in [-0.2, -0.15) is 0 Å². The van der Waals surface area contributed by atoms with Crippen LogP contribution in [0.4, 0.5) is 0 Å². The SMILES string of the molecule is COc1cc2c(cc1OC)C(NC(=O)CN1CCN(Cc3ccc(Br)cc3)CC1)CC2=O. The number of carbonyl (C=O) groups is 2. The second-order valence-electron chi connectivity index (χ2n) is 8.22. The number of ketones is 1. The van der Waals surface area contributed by atoms with Gasteiger partial charge in [-0.05, 0) is 35.4 Å². The number of nitrogens with one attached hydrogen (secondary N) is 1. The number of amides is 1. The minimum Gasteiger partial charge on any atom is -0.493 e. The van der Waals surface area contributed by atoms with E-state index in [-0.39, 0.29) is 24.2 Å². The third-order valence-electron chi connectivity index (χ3n) is 6.11. The lowest BCUT2D eigenvalue weighted by molar-refractivity contribution is -0.123. The molecular weight excluding hydrogens is 474 g/mol. The summed E-state index contributed by atoms with van der Waals surface area (Å²) in [6.45, 7) is 4.78. The lowest BCUT2D eigenvalue weighted by Crippen LogP contribution is -2.49. The van der Waals surface area contributed by atoms with Crippen LogP contribution in [0.3, 0.4) is 0 Å². The quantitative estimate of drug-likeness (QED) is 0.628. The van der Waals surface area contributed by atoms with Gasteiger partial charge in [0.2, 0.25) is 5.91 Å². The first kappa shape index (κ1) is 22.8. The molecule has 2 aromatic rings. The molecule has 1 aliphatic carbocycles. The molecule has 0 bridgehead atoms. The molecule has 2 aliphatic rings. The van der Waals surface area contributed by atoms with Gasteiger partial charge in [0, 0.05) is 49.2 Å².